The van der Waals surface area contributed by atoms with Gasteiger partial charge in [0, 0.05) is 12.6 Å². The summed E-state index contributed by atoms with van der Waals surface area (Å²) in [6.45, 7) is 0.475. The fourth-order valence-corrected chi connectivity index (χ4v) is 5.42. The molecular weight excluding hydrogens is 296 g/mol. The van der Waals surface area contributed by atoms with Crippen LogP contribution >= 0.6 is 0 Å². The molecule has 0 amide bonds. The smallest absolute Gasteiger partial charge is 0.207 e. The predicted molar refractivity (Wildman–Crippen MR) is 75.2 cm³/mol. The van der Waals surface area contributed by atoms with Crippen molar-refractivity contribution >= 4 is 10.0 Å². The van der Waals surface area contributed by atoms with Gasteiger partial charge in [0.25, 0.3) is 0 Å². The molecule has 0 bridgehead atoms. The average molecular weight is 315 g/mol. The molecule has 1 saturated carbocycles. The molecule has 116 valence electrons. The Morgan fingerprint density at radius 3 is 2.48 bits per heavy atom. The number of halogens is 2. The number of fused-ring (bicyclic) bond motifs is 1. The average Bonchev–Trinajstić information content (AvgIpc) is 2.49. The minimum atomic E-state index is -3.75. The SMILES string of the molecule is O=S(=O)(c1ccc(F)c(F)c1)N1CCC[C@@H]2CCCC[C@@H]21. The molecule has 1 heterocycles. The summed E-state index contributed by atoms with van der Waals surface area (Å²) >= 11 is 0. The third kappa shape index (κ3) is 2.71. The van der Waals surface area contributed by atoms with Crippen molar-refractivity contribution in [2.75, 3.05) is 6.54 Å². The molecule has 1 aliphatic heterocycles. The summed E-state index contributed by atoms with van der Waals surface area (Å²) in [5.41, 5.74) is 0. The van der Waals surface area contributed by atoms with Crippen molar-refractivity contribution in [2.45, 2.75) is 49.5 Å². The molecule has 2 atom stereocenters. The van der Waals surface area contributed by atoms with Gasteiger partial charge < -0.3 is 0 Å². The van der Waals surface area contributed by atoms with E-state index in [1.807, 2.05) is 0 Å². The zero-order valence-electron chi connectivity index (χ0n) is 11.8. The number of sulfonamides is 1. The molecule has 1 aromatic carbocycles. The van der Waals surface area contributed by atoms with Crippen LogP contribution in [0.2, 0.25) is 0 Å². The van der Waals surface area contributed by atoms with E-state index in [2.05, 4.69) is 0 Å². The Morgan fingerprint density at radius 1 is 1.00 bits per heavy atom. The van der Waals surface area contributed by atoms with Gasteiger partial charge in [-0.1, -0.05) is 12.8 Å². The quantitative estimate of drug-likeness (QED) is 0.839. The van der Waals surface area contributed by atoms with Crippen molar-refractivity contribution in [3.05, 3.63) is 29.8 Å². The van der Waals surface area contributed by atoms with E-state index < -0.39 is 21.7 Å². The Labute approximate surface area is 124 Å². The maximum absolute atomic E-state index is 13.4. The Balaban J connectivity index is 1.94. The van der Waals surface area contributed by atoms with Crippen LogP contribution in [0.25, 0.3) is 0 Å². The molecule has 21 heavy (non-hydrogen) atoms. The van der Waals surface area contributed by atoms with Gasteiger partial charge in [-0.05, 0) is 49.8 Å². The Bertz CT molecular complexity index is 631. The van der Waals surface area contributed by atoms with Crippen molar-refractivity contribution in [3.63, 3.8) is 0 Å². The largest absolute Gasteiger partial charge is 0.243 e. The molecule has 0 spiro atoms. The van der Waals surface area contributed by atoms with Gasteiger partial charge >= 0.3 is 0 Å². The Kier molecular flexibility index (Phi) is 4.01. The van der Waals surface area contributed by atoms with Gasteiger partial charge in [0.2, 0.25) is 10.0 Å². The maximum Gasteiger partial charge on any atom is 0.243 e. The lowest BCUT2D eigenvalue weighted by atomic mass is 9.79. The van der Waals surface area contributed by atoms with Gasteiger partial charge in [0.15, 0.2) is 11.6 Å². The normalized spacial score (nSPS) is 27.3. The van der Waals surface area contributed by atoms with Crippen molar-refractivity contribution < 1.29 is 17.2 Å². The van der Waals surface area contributed by atoms with E-state index in [-0.39, 0.29) is 10.9 Å². The van der Waals surface area contributed by atoms with E-state index in [1.165, 1.54) is 4.31 Å². The summed E-state index contributed by atoms with van der Waals surface area (Å²) < 4.78 is 53.4. The van der Waals surface area contributed by atoms with Crippen LogP contribution in [0.15, 0.2) is 23.1 Å². The lowest BCUT2D eigenvalue weighted by molar-refractivity contribution is 0.129. The first-order valence-corrected chi connectivity index (χ1v) is 8.91. The van der Waals surface area contributed by atoms with E-state index in [0.717, 1.165) is 56.7 Å². The lowest BCUT2D eigenvalue weighted by Crippen LogP contribution is -2.49. The van der Waals surface area contributed by atoms with E-state index >= 15 is 0 Å². The Hall–Kier alpha value is -1.01. The maximum atomic E-state index is 13.4. The van der Waals surface area contributed by atoms with Gasteiger partial charge in [-0.3, -0.25) is 0 Å². The number of benzene rings is 1. The van der Waals surface area contributed by atoms with Crippen LogP contribution in [0.5, 0.6) is 0 Å². The second-order valence-electron chi connectivity index (χ2n) is 5.95. The standard InChI is InChI=1S/C15H19F2NO2S/c16-13-8-7-12(10-14(13)17)21(19,20)18-9-3-5-11-4-1-2-6-15(11)18/h7-8,10-11,15H,1-6,9H2/t11-,15-/m0/s1. The highest BCUT2D eigenvalue weighted by Gasteiger charge is 2.40. The van der Waals surface area contributed by atoms with Gasteiger partial charge in [-0.2, -0.15) is 4.31 Å². The highest BCUT2D eigenvalue weighted by Crippen LogP contribution is 2.38. The van der Waals surface area contributed by atoms with E-state index in [9.17, 15) is 17.2 Å². The van der Waals surface area contributed by atoms with Crippen molar-refractivity contribution in [2.24, 2.45) is 5.92 Å². The second kappa shape index (κ2) is 5.65. The first kappa shape index (κ1) is 14.9. The molecule has 0 unspecified atom stereocenters. The summed E-state index contributed by atoms with van der Waals surface area (Å²) in [6, 6.07) is 2.84. The predicted octanol–water partition coefficient (Wildman–Crippen LogP) is 3.31. The number of nitrogens with zero attached hydrogens (tertiary/aromatic N) is 1. The summed E-state index contributed by atoms with van der Waals surface area (Å²) in [5.74, 6) is -1.73. The number of piperidine rings is 1. The molecule has 0 radical (unpaired) electrons. The molecule has 1 aliphatic carbocycles. The van der Waals surface area contributed by atoms with Crippen LogP contribution in [0, 0.1) is 17.6 Å². The first-order valence-electron chi connectivity index (χ1n) is 7.47. The molecule has 6 heteroatoms. The van der Waals surface area contributed by atoms with Crippen LogP contribution in [-0.4, -0.2) is 25.3 Å². The molecule has 3 nitrogen and oxygen atoms in total. The zero-order valence-corrected chi connectivity index (χ0v) is 12.6. The lowest BCUT2D eigenvalue weighted by Gasteiger charge is -2.43. The molecule has 2 aliphatic rings. The van der Waals surface area contributed by atoms with Gasteiger partial charge in [-0.25, -0.2) is 17.2 Å². The topological polar surface area (TPSA) is 37.4 Å². The van der Waals surface area contributed by atoms with Crippen LogP contribution in [-0.2, 0) is 10.0 Å². The summed E-state index contributed by atoms with van der Waals surface area (Å²) in [4.78, 5) is -0.146. The van der Waals surface area contributed by atoms with Gasteiger partial charge in [0.1, 0.15) is 0 Å². The van der Waals surface area contributed by atoms with Gasteiger partial charge in [0.05, 0.1) is 4.90 Å². The van der Waals surface area contributed by atoms with Crippen LogP contribution in [0.3, 0.4) is 0 Å². The van der Waals surface area contributed by atoms with E-state index in [1.54, 1.807) is 0 Å². The number of rotatable bonds is 2. The fraction of sp³-hybridized carbons (Fsp3) is 0.600. The first-order chi connectivity index (χ1) is 10.00. The molecular formula is C15H19F2NO2S. The van der Waals surface area contributed by atoms with Crippen LogP contribution in [0.1, 0.15) is 38.5 Å². The molecule has 0 aromatic heterocycles. The number of hydrogen-bond donors (Lipinski definition) is 0. The third-order valence-corrected chi connectivity index (χ3v) is 6.61. The summed E-state index contributed by atoms with van der Waals surface area (Å²) in [5, 5.41) is 0. The van der Waals surface area contributed by atoms with E-state index in [4.69, 9.17) is 0 Å². The number of hydrogen-bond acceptors (Lipinski definition) is 2. The minimum Gasteiger partial charge on any atom is -0.207 e. The molecule has 1 aromatic rings. The van der Waals surface area contributed by atoms with E-state index in [0.29, 0.717) is 12.5 Å². The fourth-order valence-electron chi connectivity index (χ4n) is 3.65. The van der Waals surface area contributed by atoms with Crippen molar-refractivity contribution in [1.29, 1.82) is 0 Å². The second-order valence-corrected chi connectivity index (χ2v) is 7.84. The summed E-state index contributed by atoms with van der Waals surface area (Å²) in [7, 11) is -3.75. The molecule has 3 rings (SSSR count). The van der Waals surface area contributed by atoms with Crippen molar-refractivity contribution in [3.8, 4) is 0 Å². The highest BCUT2D eigenvalue weighted by molar-refractivity contribution is 7.89. The molecule has 0 N–H and O–H groups in total. The minimum absolute atomic E-state index is 0.0191. The monoisotopic (exact) mass is 315 g/mol. The molecule has 2 fully saturated rings. The van der Waals surface area contributed by atoms with Crippen LogP contribution in [0.4, 0.5) is 8.78 Å². The highest BCUT2D eigenvalue weighted by atomic mass is 32.2. The molecule has 1 saturated heterocycles. The zero-order chi connectivity index (χ0) is 15.0. The van der Waals surface area contributed by atoms with Crippen LogP contribution < -0.4 is 0 Å². The third-order valence-electron chi connectivity index (χ3n) is 4.69. The summed E-state index contributed by atoms with van der Waals surface area (Å²) in [6.07, 6.45) is 6.02. The van der Waals surface area contributed by atoms with Crippen molar-refractivity contribution in [1.82, 2.24) is 4.31 Å². The Morgan fingerprint density at radius 2 is 1.71 bits per heavy atom. The van der Waals surface area contributed by atoms with Gasteiger partial charge in [-0.15, -0.1) is 0 Å².